The van der Waals surface area contributed by atoms with E-state index in [-0.39, 0.29) is 17.2 Å². The van der Waals surface area contributed by atoms with Crippen LogP contribution in [0.25, 0.3) is 33.4 Å². The smallest absolute Gasteiger partial charge is 0.429 e. The fourth-order valence-corrected chi connectivity index (χ4v) is 5.42. The summed E-state index contributed by atoms with van der Waals surface area (Å²) in [5.74, 6) is -9.57. The molecule has 0 radical (unpaired) electrons. The van der Waals surface area contributed by atoms with E-state index in [0.29, 0.717) is 29.8 Å². The molecule has 12 heteroatoms. The number of halogens is 10. The van der Waals surface area contributed by atoms with Crippen molar-refractivity contribution in [3.63, 3.8) is 0 Å². The van der Waals surface area contributed by atoms with Crippen LogP contribution in [0.3, 0.4) is 0 Å². The number of rotatable bonds is 12. The summed E-state index contributed by atoms with van der Waals surface area (Å²) in [6.07, 6.45) is -4.54. The topological polar surface area (TPSA) is 18.5 Å². The van der Waals surface area contributed by atoms with Crippen molar-refractivity contribution < 1.29 is 53.4 Å². The standard InChI is InChI=1S/C38H28F10O2/c1-2-3-4-5-6-22-7-9-23(10-8-22)24-11-14-28(30(39)17-24)25-12-15-29(31(40)18-25)26-19-33(42)36(34(43)20-26)37(44,45)49-27-13-16-35(32(41)21-27)50-38(46,47)48/h7-21H,2-6H2,1H3. The van der Waals surface area contributed by atoms with Gasteiger partial charge in [0.25, 0.3) is 0 Å². The number of aryl methyl sites for hydroxylation is 1. The lowest BCUT2D eigenvalue weighted by Crippen LogP contribution is -2.25. The van der Waals surface area contributed by atoms with Gasteiger partial charge < -0.3 is 9.47 Å². The average Bonchev–Trinajstić information content (AvgIpc) is 3.03. The molecule has 0 amide bonds. The van der Waals surface area contributed by atoms with E-state index in [1.807, 2.05) is 24.3 Å². The van der Waals surface area contributed by atoms with Crippen LogP contribution in [0.15, 0.2) is 91.0 Å². The fourth-order valence-electron chi connectivity index (χ4n) is 5.42. The molecule has 5 rings (SSSR count). The molecular weight excluding hydrogens is 678 g/mol. The molecule has 0 atom stereocenters. The van der Waals surface area contributed by atoms with Gasteiger partial charge in [0, 0.05) is 17.2 Å². The van der Waals surface area contributed by atoms with Crippen LogP contribution in [0, 0.1) is 29.1 Å². The van der Waals surface area contributed by atoms with Crippen LogP contribution < -0.4 is 9.47 Å². The van der Waals surface area contributed by atoms with Crippen molar-refractivity contribution in [3.05, 3.63) is 131 Å². The lowest BCUT2D eigenvalue weighted by atomic mass is 9.96. The third kappa shape index (κ3) is 8.58. The van der Waals surface area contributed by atoms with Crippen LogP contribution >= 0.6 is 0 Å². The summed E-state index contributed by atoms with van der Waals surface area (Å²) in [7, 11) is 0. The van der Waals surface area contributed by atoms with Crippen molar-refractivity contribution in [2.24, 2.45) is 0 Å². The Morgan fingerprint density at radius 3 is 1.64 bits per heavy atom. The molecule has 50 heavy (non-hydrogen) atoms. The summed E-state index contributed by atoms with van der Waals surface area (Å²) in [5.41, 5.74) is -0.0660. The first-order valence-corrected chi connectivity index (χ1v) is 15.5. The van der Waals surface area contributed by atoms with Crippen LogP contribution in [-0.2, 0) is 12.5 Å². The van der Waals surface area contributed by atoms with E-state index < -0.39 is 69.7 Å². The largest absolute Gasteiger partial charge is 0.573 e. The molecule has 2 nitrogen and oxygen atoms in total. The maximum absolute atomic E-state index is 15.3. The summed E-state index contributed by atoms with van der Waals surface area (Å²) < 4.78 is 149. The first-order valence-electron chi connectivity index (χ1n) is 15.5. The number of benzene rings is 5. The van der Waals surface area contributed by atoms with Crippen molar-refractivity contribution in [1.29, 1.82) is 0 Å². The van der Waals surface area contributed by atoms with E-state index in [0.717, 1.165) is 43.4 Å². The van der Waals surface area contributed by atoms with Crippen LogP contribution in [0.4, 0.5) is 43.9 Å². The van der Waals surface area contributed by atoms with Gasteiger partial charge in [-0.1, -0.05) is 74.7 Å². The zero-order valence-corrected chi connectivity index (χ0v) is 26.3. The Bertz CT molecular complexity index is 1950. The van der Waals surface area contributed by atoms with Crippen molar-refractivity contribution in [2.45, 2.75) is 51.5 Å². The highest BCUT2D eigenvalue weighted by Gasteiger charge is 2.42. The summed E-state index contributed by atoms with van der Waals surface area (Å²) in [6.45, 7) is 2.15. The van der Waals surface area contributed by atoms with E-state index in [9.17, 15) is 35.1 Å². The number of hydrogen-bond donors (Lipinski definition) is 0. The molecule has 0 unspecified atom stereocenters. The monoisotopic (exact) mass is 706 g/mol. The van der Waals surface area contributed by atoms with Crippen LogP contribution in [0.1, 0.15) is 43.7 Å². The molecule has 0 N–H and O–H groups in total. The first-order chi connectivity index (χ1) is 23.6. The molecule has 0 spiro atoms. The second kappa shape index (κ2) is 14.9. The molecule has 5 aromatic rings. The molecule has 0 aromatic heterocycles. The minimum atomic E-state index is -5.27. The summed E-state index contributed by atoms with van der Waals surface area (Å²) >= 11 is 0. The molecule has 5 aromatic carbocycles. The Morgan fingerprint density at radius 2 is 1.06 bits per heavy atom. The van der Waals surface area contributed by atoms with Crippen molar-refractivity contribution in [2.75, 3.05) is 0 Å². The molecule has 0 saturated heterocycles. The number of unbranched alkanes of at least 4 members (excludes halogenated alkanes) is 3. The highest BCUT2D eigenvalue weighted by Crippen LogP contribution is 2.39. The van der Waals surface area contributed by atoms with Gasteiger partial charge in [-0.25, -0.2) is 22.0 Å². The number of ether oxygens (including phenoxy) is 2. The molecule has 0 saturated carbocycles. The SMILES string of the molecule is CCCCCCc1ccc(-c2ccc(-c3ccc(-c4cc(F)c(C(F)(F)Oc5ccc(OC(F)(F)F)c(F)c5)c(F)c4)c(F)c3)c(F)c2)cc1. The first kappa shape index (κ1) is 36.3. The Labute approximate surface area is 280 Å². The quantitative estimate of drug-likeness (QED) is 0.0950. The Kier molecular flexibility index (Phi) is 10.8. The Hall–Kier alpha value is -5.00. The molecule has 0 aliphatic rings. The van der Waals surface area contributed by atoms with Gasteiger partial charge in [0.1, 0.15) is 34.6 Å². The van der Waals surface area contributed by atoms with E-state index in [4.69, 9.17) is 0 Å². The Morgan fingerprint density at radius 1 is 0.500 bits per heavy atom. The molecule has 0 aliphatic heterocycles. The van der Waals surface area contributed by atoms with Crippen molar-refractivity contribution in [3.8, 4) is 44.9 Å². The van der Waals surface area contributed by atoms with Crippen LogP contribution in [-0.4, -0.2) is 6.36 Å². The zero-order valence-electron chi connectivity index (χ0n) is 26.3. The lowest BCUT2D eigenvalue weighted by molar-refractivity contribution is -0.275. The molecule has 0 aliphatic carbocycles. The zero-order chi connectivity index (χ0) is 36.2. The van der Waals surface area contributed by atoms with Gasteiger partial charge in [-0.2, -0.15) is 8.78 Å². The predicted octanol–water partition coefficient (Wildman–Crippen LogP) is 12.5. The van der Waals surface area contributed by atoms with Gasteiger partial charge in [0.15, 0.2) is 11.6 Å². The summed E-state index contributed by atoms with van der Waals surface area (Å²) in [5, 5.41) is 0. The van der Waals surface area contributed by atoms with Crippen molar-refractivity contribution in [1.82, 2.24) is 0 Å². The van der Waals surface area contributed by atoms with E-state index >= 15 is 8.78 Å². The third-order valence-corrected chi connectivity index (χ3v) is 7.87. The van der Waals surface area contributed by atoms with E-state index in [2.05, 4.69) is 16.4 Å². The molecule has 0 bridgehead atoms. The number of alkyl halides is 5. The molecule has 262 valence electrons. The van der Waals surface area contributed by atoms with Gasteiger partial charge in [-0.3, -0.25) is 0 Å². The average molecular weight is 707 g/mol. The van der Waals surface area contributed by atoms with Crippen molar-refractivity contribution >= 4 is 0 Å². The minimum Gasteiger partial charge on any atom is -0.429 e. The lowest BCUT2D eigenvalue weighted by Gasteiger charge is -2.20. The molecule has 0 fully saturated rings. The maximum Gasteiger partial charge on any atom is 0.573 e. The van der Waals surface area contributed by atoms with Gasteiger partial charge in [-0.15, -0.1) is 13.2 Å². The second-order valence-electron chi connectivity index (χ2n) is 11.5. The molecular formula is C38H28F10O2. The van der Waals surface area contributed by atoms with E-state index in [1.54, 1.807) is 6.07 Å². The highest BCUT2D eigenvalue weighted by atomic mass is 19.4. The predicted molar refractivity (Wildman–Crippen MR) is 168 cm³/mol. The third-order valence-electron chi connectivity index (χ3n) is 7.87. The number of hydrogen-bond acceptors (Lipinski definition) is 2. The van der Waals surface area contributed by atoms with Gasteiger partial charge in [0.05, 0.1) is 0 Å². The van der Waals surface area contributed by atoms with Crippen LogP contribution in [0.2, 0.25) is 0 Å². The second-order valence-corrected chi connectivity index (χ2v) is 11.5. The summed E-state index contributed by atoms with van der Waals surface area (Å²) in [6, 6.07) is 17.3. The van der Waals surface area contributed by atoms with Gasteiger partial charge >= 0.3 is 12.5 Å². The van der Waals surface area contributed by atoms with E-state index in [1.165, 1.54) is 30.2 Å². The maximum atomic E-state index is 15.3. The van der Waals surface area contributed by atoms with Crippen LogP contribution in [0.5, 0.6) is 11.5 Å². The fraction of sp³-hybridized carbons (Fsp3) is 0.211. The van der Waals surface area contributed by atoms with Gasteiger partial charge in [0.2, 0.25) is 0 Å². The minimum absolute atomic E-state index is 0.0469. The normalized spacial score (nSPS) is 11.9. The highest BCUT2D eigenvalue weighted by molar-refractivity contribution is 5.74. The molecule has 0 heterocycles. The Balaban J connectivity index is 1.33. The summed E-state index contributed by atoms with van der Waals surface area (Å²) in [4.78, 5) is 0. The van der Waals surface area contributed by atoms with Gasteiger partial charge in [-0.05, 0) is 77.1 Å².